The maximum absolute atomic E-state index is 12.3. The number of aliphatic carboxylic acids is 1. The van der Waals surface area contributed by atoms with Gasteiger partial charge in [0.1, 0.15) is 5.75 Å². The number of amides is 1. The number of carboxylic acids is 1. The minimum atomic E-state index is -0.861. The number of rotatable bonds is 4. The van der Waals surface area contributed by atoms with E-state index in [1.54, 1.807) is 29.2 Å². The summed E-state index contributed by atoms with van der Waals surface area (Å²) in [6, 6.07) is 5.85. The summed E-state index contributed by atoms with van der Waals surface area (Å²) in [4.78, 5) is 24.9. The average molecular weight is 292 g/mol. The Kier molecular flexibility index (Phi) is 4.80. The number of carbonyl (C=O) groups is 2. The van der Waals surface area contributed by atoms with Crippen molar-refractivity contribution in [2.45, 2.75) is 25.3 Å². The highest BCUT2D eigenvalue weighted by atomic mass is 16.4. The molecule has 1 amide bonds. The van der Waals surface area contributed by atoms with Gasteiger partial charge in [0.25, 0.3) is 0 Å². The molecule has 0 radical (unpaired) electrons. The topological polar surface area (TPSA) is 104 Å². The molecule has 0 spiro atoms. The van der Waals surface area contributed by atoms with Gasteiger partial charge in [0.15, 0.2) is 0 Å². The molecule has 2 rings (SSSR count). The summed E-state index contributed by atoms with van der Waals surface area (Å²) < 4.78 is 0. The van der Waals surface area contributed by atoms with Gasteiger partial charge in [-0.1, -0.05) is 12.1 Å². The third-order valence-electron chi connectivity index (χ3n) is 3.79. The van der Waals surface area contributed by atoms with Crippen molar-refractivity contribution in [3.8, 4) is 5.75 Å². The summed E-state index contributed by atoms with van der Waals surface area (Å²) >= 11 is 0. The normalized spacial score (nSPS) is 20.0. The van der Waals surface area contributed by atoms with Gasteiger partial charge >= 0.3 is 5.97 Å². The zero-order chi connectivity index (χ0) is 15.4. The minimum absolute atomic E-state index is 0.166. The quantitative estimate of drug-likeness (QED) is 0.753. The molecular weight excluding hydrogens is 272 g/mol. The van der Waals surface area contributed by atoms with Crippen molar-refractivity contribution < 1.29 is 19.8 Å². The molecular formula is C15H20N2O4. The molecule has 0 bridgehead atoms. The van der Waals surface area contributed by atoms with Crippen LogP contribution in [0.15, 0.2) is 24.3 Å². The maximum atomic E-state index is 12.3. The lowest BCUT2D eigenvalue weighted by molar-refractivity contribution is -0.146. The van der Waals surface area contributed by atoms with Crippen LogP contribution in [0.4, 0.5) is 0 Å². The van der Waals surface area contributed by atoms with Crippen molar-refractivity contribution in [3.63, 3.8) is 0 Å². The molecule has 1 aliphatic rings. The number of benzene rings is 1. The van der Waals surface area contributed by atoms with Gasteiger partial charge in [0.05, 0.1) is 12.0 Å². The van der Waals surface area contributed by atoms with E-state index in [1.807, 2.05) is 0 Å². The fraction of sp³-hybridized carbons (Fsp3) is 0.467. The number of nitrogens with zero attached hydrogens (tertiary/aromatic N) is 1. The summed E-state index contributed by atoms with van der Waals surface area (Å²) in [6.07, 6.45) is 1.66. The SMILES string of the molecule is N[C@@H](Cc1ccc(O)cc1)C(=O)N1CCC[C@H](C(=O)O)C1. The minimum Gasteiger partial charge on any atom is -0.508 e. The van der Waals surface area contributed by atoms with Crippen LogP contribution in [0.5, 0.6) is 5.75 Å². The van der Waals surface area contributed by atoms with Gasteiger partial charge in [-0.25, -0.2) is 0 Å². The molecule has 114 valence electrons. The number of nitrogens with two attached hydrogens (primary N) is 1. The van der Waals surface area contributed by atoms with Crippen molar-refractivity contribution in [2.75, 3.05) is 13.1 Å². The van der Waals surface area contributed by atoms with Gasteiger partial charge in [0, 0.05) is 13.1 Å². The van der Waals surface area contributed by atoms with Crippen LogP contribution >= 0.6 is 0 Å². The molecule has 1 fully saturated rings. The fourth-order valence-corrected chi connectivity index (χ4v) is 2.59. The Morgan fingerprint density at radius 3 is 2.62 bits per heavy atom. The molecule has 1 saturated heterocycles. The smallest absolute Gasteiger partial charge is 0.308 e. The molecule has 1 heterocycles. The van der Waals surface area contributed by atoms with E-state index in [9.17, 15) is 14.7 Å². The summed E-state index contributed by atoms with van der Waals surface area (Å²) in [6.45, 7) is 0.795. The molecule has 0 saturated carbocycles. The molecule has 1 aromatic rings. The standard InChI is InChI=1S/C15H20N2O4/c16-13(8-10-3-5-12(18)6-4-10)14(19)17-7-1-2-11(9-17)15(20)21/h3-6,11,13,18H,1-2,7-9,16H2,(H,20,21)/t11-,13-/m0/s1. The number of carboxylic acid groups (broad SMARTS) is 1. The Labute approximate surface area is 123 Å². The molecule has 0 aromatic heterocycles. The number of hydrogen-bond acceptors (Lipinski definition) is 4. The van der Waals surface area contributed by atoms with E-state index in [4.69, 9.17) is 10.8 Å². The molecule has 1 aliphatic heterocycles. The molecule has 0 unspecified atom stereocenters. The van der Waals surface area contributed by atoms with Crippen LogP contribution in [0, 0.1) is 5.92 Å². The van der Waals surface area contributed by atoms with Gasteiger partial charge in [-0.3, -0.25) is 9.59 Å². The zero-order valence-corrected chi connectivity index (χ0v) is 11.7. The first-order valence-corrected chi connectivity index (χ1v) is 7.02. The first-order chi connectivity index (χ1) is 9.97. The van der Waals surface area contributed by atoms with Gasteiger partial charge in [-0.2, -0.15) is 0 Å². The molecule has 6 nitrogen and oxygen atoms in total. The van der Waals surface area contributed by atoms with Crippen LogP contribution in [0.25, 0.3) is 0 Å². The highest BCUT2D eigenvalue weighted by Crippen LogP contribution is 2.18. The van der Waals surface area contributed by atoms with Crippen LogP contribution in [-0.4, -0.2) is 46.1 Å². The van der Waals surface area contributed by atoms with Gasteiger partial charge in [-0.05, 0) is 37.0 Å². The van der Waals surface area contributed by atoms with Crippen molar-refractivity contribution in [3.05, 3.63) is 29.8 Å². The Balaban J connectivity index is 1.95. The number of likely N-dealkylation sites (tertiary alicyclic amines) is 1. The van der Waals surface area contributed by atoms with Crippen LogP contribution < -0.4 is 5.73 Å². The second-order valence-corrected chi connectivity index (χ2v) is 5.44. The predicted octanol–water partition coefficient (Wildman–Crippen LogP) is 0.585. The van der Waals surface area contributed by atoms with E-state index >= 15 is 0 Å². The lowest BCUT2D eigenvalue weighted by Gasteiger charge is -2.32. The third kappa shape index (κ3) is 3.95. The number of carbonyl (C=O) groups excluding carboxylic acids is 1. The summed E-state index contributed by atoms with van der Waals surface area (Å²) in [5, 5.41) is 18.3. The van der Waals surface area contributed by atoms with E-state index in [2.05, 4.69) is 0 Å². The Morgan fingerprint density at radius 2 is 2.00 bits per heavy atom. The molecule has 2 atom stereocenters. The number of hydrogen-bond donors (Lipinski definition) is 3. The lowest BCUT2D eigenvalue weighted by Crippen LogP contribution is -2.49. The van der Waals surface area contributed by atoms with Gasteiger partial charge in [0.2, 0.25) is 5.91 Å². The summed E-state index contributed by atoms with van der Waals surface area (Å²) in [5.41, 5.74) is 6.80. The summed E-state index contributed by atoms with van der Waals surface area (Å²) in [5.74, 6) is -1.41. The van der Waals surface area contributed by atoms with Crippen LogP contribution in [0.3, 0.4) is 0 Å². The predicted molar refractivity (Wildman–Crippen MR) is 76.7 cm³/mol. The van der Waals surface area contributed by atoms with E-state index < -0.39 is 17.9 Å². The number of piperidine rings is 1. The zero-order valence-electron chi connectivity index (χ0n) is 11.7. The highest BCUT2D eigenvalue weighted by Gasteiger charge is 2.30. The number of aromatic hydroxyl groups is 1. The average Bonchev–Trinajstić information content (AvgIpc) is 2.49. The fourth-order valence-electron chi connectivity index (χ4n) is 2.59. The van der Waals surface area contributed by atoms with Crippen molar-refractivity contribution >= 4 is 11.9 Å². The van der Waals surface area contributed by atoms with Crippen molar-refractivity contribution in [2.24, 2.45) is 11.7 Å². The molecule has 1 aromatic carbocycles. The summed E-state index contributed by atoms with van der Waals surface area (Å²) in [7, 11) is 0. The van der Waals surface area contributed by atoms with E-state index in [1.165, 1.54) is 0 Å². The number of phenolic OH excluding ortho intramolecular Hbond substituents is 1. The maximum Gasteiger partial charge on any atom is 0.308 e. The molecule has 0 aliphatic carbocycles. The first-order valence-electron chi connectivity index (χ1n) is 7.02. The molecule has 21 heavy (non-hydrogen) atoms. The lowest BCUT2D eigenvalue weighted by atomic mass is 9.97. The van der Waals surface area contributed by atoms with Crippen LogP contribution in [0.2, 0.25) is 0 Å². The Morgan fingerprint density at radius 1 is 1.33 bits per heavy atom. The number of phenols is 1. The Hall–Kier alpha value is -2.08. The highest BCUT2D eigenvalue weighted by molar-refractivity contribution is 5.83. The van der Waals surface area contributed by atoms with E-state index in [0.29, 0.717) is 25.8 Å². The monoisotopic (exact) mass is 292 g/mol. The largest absolute Gasteiger partial charge is 0.508 e. The second kappa shape index (κ2) is 6.58. The first kappa shape index (κ1) is 15.3. The molecule has 6 heteroatoms. The van der Waals surface area contributed by atoms with Gasteiger partial charge < -0.3 is 20.8 Å². The van der Waals surface area contributed by atoms with Crippen LogP contribution in [-0.2, 0) is 16.0 Å². The van der Waals surface area contributed by atoms with Gasteiger partial charge in [-0.15, -0.1) is 0 Å². The second-order valence-electron chi connectivity index (χ2n) is 5.44. The third-order valence-corrected chi connectivity index (χ3v) is 3.79. The Bertz CT molecular complexity index is 515. The van der Waals surface area contributed by atoms with Crippen molar-refractivity contribution in [1.29, 1.82) is 0 Å². The van der Waals surface area contributed by atoms with E-state index in [-0.39, 0.29) is 18.2 Å². The van der Waals surface area contributed by atoms with Crippen LogP contribution in [0.1, 0.15) is 18.4 Å². The molecule has 4 N–H and O–H groups in total. The van der Waals surface area contributed by atoms with E-state index in [0.717, 1.165) is 5.56 Å². The van der Waals surface area contributed by atoms with Crippen molar-refractivity contribution in [1.82, 2.24) is 4.90 Å².